The van der Waals surface area contributed by atoms with E-state index in [1.165, 1.54) is 11.6 Å². The monoisotopic (exact) mass is 358 g/mol. The van der Waals surface area contributed by atoms with Gasteiger partial charge in [0.15, 0.2) is 0 Å². The number of piperazine rings is 1. The number of halogens is 1. The molecular formula is C21H27FN2O2. The second kappa shape index (κ2) is 9.78. The van der Waals surface area contributed by atoms with Gasteiger partial charge in [0.05, 0.1) is 19.3 Å². The van der Waals surface area contributed by atoms with E-state index in [0.29, 0.717) is 12.1 Å². The summed E-state index contributed by atoms with van der Waals surface area (Å²) in [5.74, 6) is -0.267. The van der Waals surface area contributed by atoms with Gasteiger partial charge in [-0.05, 0) is 11.6 Å². The number of benzene rings is 2. The molecule has 0 unspecified atom stereocenters. The first-order chi connectivity index (χ1) is 12.7. The Hall–Kier alpha value is -1.79. The summed E-state index contributed by atoms with van der Waals surface area (Å²) in [4.78, 5) is 4.70. The zero-order chi connectivity index (χ0) is 18.2. The van der Waals surface area contributed by atoms with Crippen molar-refractivity contribution in [1.29, 1.82) is 0 Å². The van der Waals surface area contributed by atoms with Gasteiger partial charge in [-0.15, -0.1) is 0 Å². The van der Waals surface area contributed by atoms with Crippen LogP contribution < -0.4 is 0 Å². The highest BCUT2D eigenvalue weighted by Crippen LogP contribution is 2.10. The van der Waals surface area contributed by atoms with Crippen LogP contribution in [0.4, 0.5) is 4.39 Å². The second-order valence-electron chi connectivity index (χ2n) is 6.82. The number of hydrogen-bond acceptors (Lipinski definition) is 4. The van der Waals surface area contributed by atoms with Crippen molar-refractivity contribution in [3.05, 3.63) is 71.5 Å². The maximum Gasteiger partial charge on any atom is 0.128 e. The lowest BCUT2D eigenvalue weighted by Gasteiger charge is -2.35. The van der Waals surface area contributed by atoms with Gasteiger partial charge in [0.2, 0.25) is 0 Å². The van der Waals surface area contributed by atoms with Gasteiger partial charge < -0.3 is 9.84 Å². The van der Waals surface area contributed by atoms with E-state index in [1.54, 1.807) is 18.2 Å². The van der Waals surface area contributed by atoms with E-state index in [1.807, 2.05) is 6.07 Å². The summed E-state index contributed by atoms with van der Waals surface area (Å²) in [6.07, 6.45) is -0.553. The highest BCUT2D eigenvalue weighted by Gasteiger charge is 2.19. The molecule has 140 valence electrons. The zero-order valence-corrected chi connectivity index (χ0v) is 15.1. The second-order valence-corrected chi connectivity index (χ2v) is 6.82. The maximum atomic E-state index is 13.5. The molecule has 2 aromatic carbocycles. The van der Waals surface area contributed by atoms with Crippen LogP contribution in [0.5, 0.6) is 0 Å². The fraction of sp³-hybridized carbons (Fsp3) is 0.429. The molecule has 1 fully saturated rings. The van der Waals surface area contributed by atoms with Gasteiger partial charge in [0, 0.05) is 44.8 Å². The molecule has 26 heavy (non-hydrogen) atoms. The highest BCUT2D eigenvalue weighted by atomic mass is 19.1. The Morgan fingerprint density at radius 2 is 1.58 bits per heavy atom. The molecule has 1 N–H and O–H groups in total. The summed E-state index contributed by atoms with van der Waals surface area (Å²) in [6, 6.07) is 17.1. The highest BCUT2D eigenvalue weighted by molar-refractivity contribution is 5.16. The minimum atomic E-state index is -0.553. The lowest BCUT2D eigenvalue weighted by atomic mass is 10.2. The van der Waals surface area contributed by atoms with Crippen molar-refractivity contribution < 1.29 is 14.2 Å². The average Bonchev–Trinajstić information content (AvgIpc) is 2.66. The van der Waals surface area contributed by atoms with Crippen molar-refractivity contribution in [3.63, 3.8) is 0 Å². The summed E-state index contributed by atoms with van der Waals surface area (Å²) in [5, 5.41) is 10.2. The van der Waals surface area contributed by atoms with Crippen LogP contribution in [-0.2, 0) is 17.9 Å². The fourth-order valence-electron chi connectivity index (χ4n) is 3.24. The Morgan fingerprint density at radius 1 is 0.923 bits per heavy atom. The Labute approximate surface area is 154 Å². The maximum absolute atomic E-state index is 13.5. The molecule has 0 spiro atoms. The quantitative estimate of drug-likeness (QED) is 0.787. The van der Waals surface area contributed by atoms with Crippen LogP contribution in [-0.4, -0.2) is 60.3 Å². The summed E-state index contributed by atoms with van der Waals surface area (Å²) in [5.41, 5.74) is 1.86. The third-order valence-corrected chi connectivity index (χ3v) is 4.71. The lowest BCUT2D eigenvalue weighted by Crippen LogP contribution is -2.48. The largest absolute Gasteiger partial charge is 0.389 e. The minimum absolute atomic E-state index is 0.189. The number of rotatable bonds is 8. The first kappa shape index (κ1) is 19.0. The predicted molar refractivity (Wildman–Crippen MR) is 100 cm³/mol. The van der Waals surface area contributed by atoms with Crippen LogP contribution in [0.15, 0.2) is 54.6 Å². The predicted octanol–water partition coefficient (Wildman–Crippen LogP) is 2.52. The number of ether oxygens (including phenoxy) is 1. The third-order valence-electron chi connectivity index (χ3n) is 4.71. The number of aliphatic hydroxyl groups is 1. The number of aliphatic hydroxyl groups excluding tert-OH is 1. The molecule has 0 aliphatic carbocycles. The van der Waals surface area contributed by atoms with Crippen molar-refractivity contribution >= 4 is 0 Å². The van der Waals surface area contributed by atoms with Crippen LogP contribution in [0.3, 0.4) is 0 Å². The van der Waals surface area contributed by atoms with E-state index in [0.717, 1.165) is 32.7 Å². The van der Waals surface area contributed by atoms with Gasteiger partial charge in [0.1, 0.15) is 5.82 Å². The Morgan fingerprint density at radius 3 is 2.31 bits per heavy atom. The molecule has 5 heteroatoms. The van der Waals surface area contributed by atoms with Crippen molar-refractivity contribution in [2.45, 2.75) is 19.3 Å². The van der Waals surface area contributed by atoms with E-state index in [9.17, 15) is 9.50 Å². The first-order valence-corrected chi connectivity index (χ1v) is 9.18. The Balaban J connectivity index is 1.33. The van der Waals surface area contributed by atoms with Gasteiger partial charge in [-0.1, -0.05) is 48.5 Å². The van der Waals surface area contributed by atoms with Gasteiger partial charge in [-0.3, -0.25) is 9.80 Å². The SMILES string of the molecule is O[C@@H](COCc1ccccc1F)CN1CCN(Cc2ccccc2)CC1. The van der Waals surface area contributed by atoms with Crippen molar-refractivity contribution in [3.8, 4) is 0 Å². The van der Waals surface area contributed by atoms with Crippen LogP contribution >= 0.6 is 0 Å². The Bertz CT molecular complexity index is 660. The van der Waals surface area contributed by atoms with Crippen molar-refractivity contribution in [2.24, 2.45) is 0 Å². The molecule has 1 aliphatic heterocycles. The number of hydrogen-bond donors (Lipinski definition) is 1. The van der Waals surface area contributed by atoms with Gasteiger partial charge in [0.25, 0.3) is 0 Å². The zero-order valence-electron chi connectivity index (χ0n) is 15.1. The first-order valence-electron chi connectivity index (χ1n) is 9.18. The molecule has 2 aromatic rings. The Kier molecular flexibility index (Phi) is 7.14. The number of nitrogens with zero attached hydrogens (tertiary/aromatic N) is 2. The molecule has 1 heterocycles. The molecule has 1 atom stereocenters. The van der Waals surface area contributed by atoms with Crippen molar-refractivity contribution in [2.75, 3.05) is 39.3 Å². The smallest absolute Gasteiger partial charge is 0.128 e. The summed E-state index contributed by atoms with van der Waals surface area (Å²) in [6.45, 7) is 5.86. The standard InChI is InChI=1S/C21H27FN2O2/c22-21-9-5-4-8-19(21)16-26-17-20(25)15-24-12-10-23(11-13-24)14-18-6-2-1-3-7-18/h1-9,20,25H,10-17H2/t20-/m1/s1. The molecule has 1 aliphatic rings. The van der Waals surface area contributed by atoms with Crippen LogP contribution in [0, 0.1) is 5.82 Å². The van der Waals surface area contributed by atoms with Crippen molar-refractivity contribution in [1.82, 2.24) is 9.80 Å². The fourth-order valence-corrected chi connectivity index (χ4v) is 3.24. The summed E-state index contributed by atoms with van der Waals surface area (Å²) >= 11 is 0. The van der Waals surface area contributed by atoms with E-state index in [4.69, 9.17) is 4.74 Å². The molecule has 4 nitrogen and oxygen atoms in total. The third kappa shape index (κ3) is 5.88. The van der Waals surface area contributed by atoms with E-state index in [2.05, 4.69) is 34.1 Å². The van der Waals surface area contributed by atoms with Gasteiger partial charge in [-0.25, -0.2) is 4.39 Å². The molecule has 0 bridgehead atoms. The average molecular weight is 358 g/mol. The molecule has 0 radical (unpaired) electrons. The molecule has 0 amide bonds. The van der Waals surface area contributed by atoms with Crippen LogP contribution in [0.25, 0.3) is 0 Å². The number of β-amino-alcohol motifs (C(OH)–C–C–N with tert-alkyl or cyclic N) is 1. The van der Waals surface area contributed by atoms with Crippen LogP contribution in [0.2, 0.25) is 0 Å². The minimum Gasteiger partial charge on any atom is -0.389 e. The van der Waals surface area contributed by atoms with Gasteiger partial charge >= 0.3 is 0 Å². The molecular weight excluding hydrogens is 331 g/mol. The van der Waals surface area contributed by atoms with E-state index >= 15 is 0 Å². The van der Waals surface area contributed by atoms with E-state index < -0.39 is 6.10 Å². The van der Waals surface area contributed by atoms with Gasteiger partial charge in [-0.2, -0.15) is 0 Å². The molecule has 3 rings (SSSR count). The van der Waals surface area contributed by atoms with E-state index in [-0.39, 0.29) is 19.0 Å². The van der Waals surface area contributed by atoms with Crippen LogP contribution in [0.1, 0.15) is 11.1 Å². The topological polar surface area (TPSA) is 35.9 Å². The normalized spacial score (nSPS) is 17.3. The summed E-state index contributed by atoms with van der Waals surface area (Å²) in [7, 11) is 0. The summed E-state index contributed by atoms with van der Waals surface area (Å²) < 4.78 is 19.0. The molecule has 0 saturated carbocycles. The molecule has 1 saturated heterocycles. The molecule has 0 aromatic heterocycles. The lowest BCUT2D eigenvalue weighted by molar-refractivity contribution is 0.000255.